The molecule has 0 aliphatic carbocycles. The molecule has 3 aromatic rings. The summed E-state index contributed by atoms with van der Waals surface area (Å²) >= 11 is 6.26. The largest absolute Gasteiger partial charge is 0.349 e. The smallest absolute Gasteiger partial charge is 0.223 e. The molecule has 1 saturated heterocycles. The van der Waals surface area contributed by atoms with Gasteiger partial charge in [-0.3, -0.25) is 9.69 Å². The molecule has 1 aromatic heterocycles. The van der Waals surface area contributed by atoms with Gasteiger partial charge in [-0.15, -0.1) is 0 Å². The van der Waals surface area contributed by atoms with Crippen LogP contribution in [0.15, 0.2) is 54.7 Å². The summed E-state index contributed by atoms with van der Waals surface area (Å²) in [4.78, 5) is 15.2. The Bertz CT molecular complexity index is 1010. The predicted octanol–water partition coefficient (Wildman–Crippen LogP) is 5.40. The number of hydrogen-bond acceptors (Lipinski definition) is 2. The van der Waals surface area contributed by atoms with Crippen molar-refractivity contribution in [1.29, 1.82) is 0 Å². The Kier molecular flexibility index (Phi) is 6.45. The van der Waals surface area contributed by atoms with Crippen LogP contribution in [0.1, 0.15) is 43.9 Å². The van der Waals surface area contributed by atoms with E-state index in [1.165, 1.54) is 16.5 Å². The summed E-state index contributed by atoms with van der Waals surface area (Å²) in [5.41, 5.74) is 3.70. The molecule has 0 saturated carbocycles. The maximum Gasteiger partial charge on any atom is 0.223 e. The van der Waals surface area contributed by atoms with Crippen molar-refractivity contribution in [3.63, 3.8) is 0 Å². The first kappa shape index (κ1) is 21.0. The van der Waals surface area contributed by atoms with Gasteiger partial charge in [0.25, 0.3) is 0 Å². The molecule has 1 atom stereocenters. The third kappa shape index (κ3) is 4.55. The summed E-state index contributed by atoms with van der Waals surface area (Å²) in [7, 11) is 0. The lowest BCUT2D eigenvalue weighted by molar-refractivity contribution is -0.127. The van der Waals surface area contributed by atoms with E-state index >= 15 is 0 Å². The van der Waals surface area contributed by atoms with Gasteiger partial charge in [0, 0.05) is 41.1 Å². The molecule has 1 N–H and O–H groups in total. The Morgan fingerprint density at radius 3 is 2.60 bits per heavy atom. The topological polar surface area (TPSA) is 37.3 Å². The molecule has 158 valence electrons. The van der Waals surface area contributed by atoms with E-state index in [2.05, 4.69) is 59.1 Å². The van der Waals surface area contributed by atoms with E-state index in [1.807, 2.05) is 24.3 Å². The van der Waals surface area contributed by atoms with Gasteiger partial charge in [-0.05, 0) is 69.1 Å². The highest BCUT2D eigenvalue weighted by molar-refractivity contribution is 6.31. The summed E-state index contributed by atoms with van der Waals surface area (Å²) in [5, 5.41) is 5.21. The molecule has 2 heterocycles. The first-order valence-corrected chi connectivity index (χ1v) is 11.3. The number of carbonyl (C=O) groups is 1. The van der Waals surface area contributed by atoms with Crippen LogP contribution in [-0.4, -0.2) is 28.5 Å². The number of benzene rings is 2. The molecular formula is C25H30ClN3O. The quantitative estimate of drug-likeness (QED) is 0.576. The molecule has 4 rings (SSSR count). The van der Waals surface area contributed by atoms with Crippen molar-refractivity contribution in [1.82, 2.24) is 14.8 Å². The minimum absolute atomic E-state index is 0.0432. The summed E-state index contributed by atoms with van der Waals surface area (Å²) in [6.07, 6.45) is 4.06. The first-order chi connectivity index (χ1) is 14.5. The van der Waals surface area contributed by atoms with Crippen LogP contribution < -0.4 is 5.32 Å². The number of amides is 1. The van der Waals surface area contributed by atoms with Crippen molar-refractivity contribution in [3.05, 3.63) is 70.9 Å². The Morgan fingerprint density at radius 2 is 1.90 bits per heavy atom. The number of piperidine rings is 1. The zero-order valence-corrected chi connectivity index (χ0v) is 18.5. The number of aryl methyl sites for hydroxylation is 1. The molecule has 1 fully saturated rings. The van der Waals surface area contributed by atoms with Crippen molar-refractivity contribution >= 4 is 28.4 Å². The van der Waals surface area contributed by atoms with Gasteiger partial charge < -0.3 is 9.88 Å². The third-order valence-corrected chi connectivity index (χ3v) is 6.51. The highest BCUT2D eigenvalue weighted by Crippen LogP contribution is 2.28. The highest BCUT2D eigenvalue weighted by atomic mass is 35.5. The summed E-state index contributed by atoms with van der Waals surface area (Å²) < 4.78 is 2.28. The van der Waals surface area contributed by atoms with Gasteiger partial charge in [0.05, 0.1) is 6.04 Å². The molecule has 1 aliphatic heterocycles. The SMILES string of the molecule is CCn1cc(CN2CCC(C(=O)N[C@@H](C)c3ccccc3)CC2)c2cc(Cl)ccc21. The lowest BCUT2D eigenvalue weighted by Crippen LogP contribution is -2.40. The molecular weight excluding hydrogens is 394 g/mol. The Morgan fingerprint density at radius 1 is 1.17 bits per heavy atom. The van der Waals surface area contributed by atoms with Crippen molar-refractivity contribution in [2.75, 3.05) is 13.1 Å². The van der Waals surface area contributed by atoms with Crippen LogP contribution in [0.4, 0.5) is 0 Å². The zero-order chi connectivity index (χ0) is 21.1. The first-order valence-electron chi connectivity index (χ1n) is 10.9. The van der Waals surface area contributed by atoms with E-state index in [0.29, 0.717) is 0 Å². The number of hydrogen-bond donors (Lipinski definition) is 1. The number of nitrogens with zero attached hydrogens (tertiary/aromatic N) is 2. The summed E-state index contributed by atoms with van der Waals surface area (Å²) in [6, 6.07) is 16.3. The van der Waals surface area contributed by atoms with E-state index in [9.17, 15) is 4.79 Å². The fourth-order valence-electron chi connectivity index (χ4n) is 4.48. The van der Waals surface area contributed by atoms with Crippen LogP contribution in [0, 0.1) is 5.92 Å². The molecule has 0 bridgehead atoms. The lowest BCUT2D eigenvalue weighted by atomic mass is 9.95. The number of fused-ring (bicyclic) bond motifs is 1. The second kappa shape index (κ2) is 9.23. The summed E-state index contributed by atoms with van der Waals surface area (Å²) in [5.74, 6) is 0.277. The second-order valence-corrected chi connectivity index (χ2v) is 8.73. The Labute approximate surface area is 183 Å². The second-order valence-electron chi connectivity index (χ2n) is 8.29. The Balaban J connectivity index is 1.35. The molecule has 0 radical (unpaired) electrons. The standard InChI is InChI=1S/C25H30ClN3O/c1-3-29-17-21(23-15-22(26)9-10-24(23)29)16-28-13-11-20(12-14-28)25(30)27-18(2)19-7-5-4-6-8-19/h4-10,15,17-18,20H,3,11-14,16H2,1-2H3,(H,27,30)/t18-/m0/s1. The average Bonchev–Trinajstić information content (AvgIpc) is 3.11. The molecule has 2 aromatic carbocycles. The minimum atomic E-state index is 0.0432. The average molecular weight is 424 g/mol. The van der Waals surface area contributed by atoms with E-state index in [4.69, 9.17) is 11.6 Å². The fraction of sp³-hybridized carbons (Fsp3) is 0.400. The van der Waals surface area contributed by atoms with E-state index < -0.39 is 0 Å². The molecule has 30 heavy (non-hydrogen) atoms. The predicted molar refractivity (Wildman–Crippen MR) is 124 cm³/mol. The van der Waals surface area contributed by atoms with Crippen LogP contribution in [0.3, 0.4) is 0 Å². The maximum atomic E-state index is 12.8. The van der Waals surface area contributed by atoms with Gasteiger partial charge >= 0.3 is 0 Å². The molecule has 1 amide bonds. The van der Waals surface area contributed by atoms with Crippen LogP contribution in [0.5, 0.6) is 0 Å². The molecule has 5 heteroatoms. The van der Waals surface area contributed by atoms with E-state index in [-0.39, 0.29) is 17.9 Å². The van der Waals surface area contributed by atoms with Crippen LogP contribution in [-0.2, 0) is 17.9 Å². The van der Waals surface area contributed by atoms with Crippen LogP contribution in [0.25, 0.3) is 10.9 Å². The number of rotatable bonds is 6. The number of carbonyl (C=O) groups excluding carboxylic acids is 1. The Hall–Kier alpha value is -2.30. The minimum Gasteiger partial charge on any atom is -0.349 e. The third-order valence-electron chi connectivity index (χ3n) is 6.28. The van der Waals surface area contributed by atoms with Gasteiger partial charge in [-0.1, -0.05) is 41.9 Å². The van der Waals surface area contributed by atoms with Crippen molar-refractivity contribution in [2.24, 2.45) is 5.92 Å². The van der Waals surface area contributed by atoms with Crippen molar-refractivity contribution < 1.29 is 4.79 Å². The summed E-state index contributed by atoms with van der Waals surface area (Å²) in [6.45, 7) is 7.95. The number of halogens is 1. The van der Waals surface area contributed by atoms with Gasteiger partial charge in [0.15, 0.2) is 0 Å². The molecule has 4 nitrogen and oxygen atoms in total. The van der Waals surface area contributed by atoms with E-state index in [0.717, 1.165) is 49.6 Å². The van der Waals surface area contributed by atoms with E-state index in [1.54, 1.807) is 0 Å². The fourth-order valence-corrected chi connectivity index (χ4v) is 4.65. The number of aromatic nitrogens is 1. The van der Waals surface area contributed by atoms with Crippen LogP contribution in [0.2, 0.25) is 5.02 Å². The van der Waals surface area contributed by atoms with Crippen LogP contribution >= 0.6 is 11.6 Å². The molecule has 1 aliphatic rings. The number of nitrogens with one attached hydrogen (secondary N) is 1. The highest BCUT2D eigenvalue weighted by Gasteiger charge is 2.26. The monoisotopic (exact) mass is 423 g/mol. The van der Waals surface area contributed by atoms with Gasteiger partial charge in [0.1, 0.15) is 0 Å². The van der Waals surface area contributed by atoms with Gasteiger partial charge in [0.2, 0.25) is 5.91 Å². The molecule has 0 spiro atoms. The number of likely N-dealkylation sites (tertiary alicyclic amines) is 1. The zero-order valence-electron chi connectivity index (χ0n) is 17.8. The van der Waals surface area contributed by atoms with Crippen molar-refractivity contribution in [3.8, 4) is 0 Å². The van der Waals surface area contributed by atoms with Gasteiger partial charge in [-0.2, -0.15) is 0 Å². The van der Waals surface area contributed by atoms with Crippen molar-refractivity contribution in [2.45, 2.75) is 45.8 Å². The normalized spacial score (nSPS) is 16.6. The lowest BCUT2D eigenvalue weighted by Gasteiger charge is -2.31. The van der Waals surface area contributed by atoms with Gasteiger partial charge in [-0.25, -0.2) is 0 Å². The maximum absolute atomic E-state index is 12.8. The molecule has 0 unspecified atom stereocenters.